The van der Waals surface area contributed by atoms with E-state index >= 15 is 0 Å². The van der Waals surface area contributed by atoms with E-state index in [-0.39, 0.29) is 0 Å². The summed E-state index contributed by atoms with van der Waals surface area (Å²) in [6.45, 7) is 0. The van der Waals surface area contributed by atoms with E-state index in [0.29, 0.717) is 0 Å². The Hall–Kier alpha value is -2.17. The molecule has 4 heteroatoms. The van der Waals surface area contributed by atoms with E-state index in [9.17, 15) is 0 Å². The Balaban J connectivity index is 1.97. The molecular weight excluding hydrogens is 408 g/mol. The van der Waals surface area contributed by atoms with Crippen molar-refractivity contribution in [3.8, 4) is 11.5 Å². The lowest BCUT2D eigenvalue weighted by Gasteiger charge is -2.11. The molecule has 3 rings (SSSR count). The summed E-state index contributed by atoms with van der Waals surface area (Å²) in [4.78, 5) is 1.16. The van der Waals surface area contributed by atoms with Crippen LogP contribution in [0.25, 0.3) is 5.57 Å². The highest BCUT2D eigenvalue weighted by Gasteiger charge is 2.09. The van der Waals surface area contributed by atoms with Gasteiger partial charge in [-0.2, -0.15) is 0 Å². The molecule has 0 radical (unpaired) electrons. The molecule has 132 valence electrons. The number of hydrogen-bond donors (Lipinski definition) is 0. The van der Waals surface area contributed by atoms with Crippen LogP contribution in [0.3, 0.4) is 0 Å². The van der Waals surface area contributed by atoms with Crippen molar-refractivity contribution in [2.75, 3.05) is 14.2 Å². The van der Waals surface area contributed by atoms with Gasteiger partial charge in [-0.25, -0.2) is 0 Å². The number of hydrogen-bond acceptors (Lipinski definition) is 3. The number of rotatable bonds is 6. The molecule has 3 aromatic rings. The largest absolute Gasteiger partial charge is 0.497 e. The summed E-state index contributed by atoms with van der Waals surface area (Å²) < 4.78 is 11.6. The predicted octanol–water partition coefficient (Wildman–Crippen LogP) is 6.65. The summed E-state index contributed by atoms with van der Waals surface area (Å²) in [6, 6.07) is 24.5. The van der Waals surface area contributed by atoms with Gasteiger partial charge in [0.25, 0.3) is 0 Å². The lowest BCUT2D eigenvalue weighted by atomic mass is 10.00. The molecule has 0 amide bonds. The van der Waals surface area contributed by atoms with E-state index in [0.717, 1.165) is 37.6 Å². The fourth-order valence-electron chi connectivity index (χ4n) is 2.52. The Morgan fingerprint density at radius 3 is 1.96 bits per heavy atom. The van der Waals surface area contributed by atoms with Gasteiger partial charge in [-0.05, 0) is 64.6 Å². The molecule has 3 aromatic carbocycles. The second-order valence-corrected chi connectivity index (χ2v) is 7.33. The molecule has 0 atom stereocenters. The van der Waals surface area contributed by atoms with Crippen molar-refractivity contribution in [3.05, 3.63) is 93.8 Å². The zero-order valence-corrected chi connectivity index (χ0v) is 17.0. The third-order valence-corrected chi connectivity index (χ3v) is 5.53. The molecule has 0 aliphatic rings. The van der Waals surface area contributed by atoms with Crippen LogP contribution >= 0.6 is 27.7 Å². The molecule has 0 spiro atoms. The summed E-state index contributed by atoms with van der Waals surface area (Å²) >= 11 is 5.36. The zero-order chi connectivity index (χ0) is 18.4. The molecule has 0 aliphatic heterocycles. The summed E-state index contributed by atoms with van der Waals surface area (Å²) in [7, 11) is 3.36. The monoisotopic (exact) mass is 426 g/mol. The highest BCUT2D eigenvalue weighted by atomic mass is 79.9. The minimum absolute atomic E-state index is 0.850. The highest BCUT2D eigenvalue weighted by Crippen LogP contribution is 2.34. The van der Waals surface area contributed by atoms with E-state index in [1.54, 1.807) is 26.0 Å². The molecule has 0 bridgehead atoms. The summed E-state index contributed by atoms with van der Waals surface area (Å²) in [5, 5.41) is 2.18. The van der Waals surface area contributed by atoms with Gasteiger partial charge >= 0.3 is 0 Å². The summed E-state index contributed by atoms with van der Waals surface area (Å²) in [5.41, 5.74) is 3.44. The second kappa shape index (κ2) is 8.97. The molecule has 0 saturated heterocycles. The molecule has 2 nitrogen and oxygen atoms in total. The van der Waals surface area contributed by atoms with E-state index in [1.165, 1.54) is 0 Å². The summed E-state index contributed by atoms with van der Waals surface area (Å²) in [5.74, 6) is 1.71. The lowest BCUT2D eigenvalue weighted by Crippen LogP contribution is -1.90. The quantitative estimate of drug-likeness (QED) is 0.411. The van der Waals surface area contributed by atoms with Crippen LogP contribution < -0.4 is 9.47 Å². The predicted molar refractivity (Wildman–Crippen MR) is 113 cm³/mol. The van der Waals surface area contributed by atoms with Crippen molar-refractivity contribution in [2.45, 2.75) is 4.90 Å². The molecule has 26 heavy (non-hydrogen) atoms. The number of methoxy groups -OCH3 is 2. The first kappa shape index (κ1) is 18.6. The molecule has 0 unspecified atom stereocenters. The Labute approximate surface area is 167 Å². The smallest absolute Gasteiger partial charge is 0.118 e. The molecule has 0 heterocycles. The van der Waals surface area contributed by atoms with Gasteiger partial charge in [0.15, 0.2) is 0 Å². The lowest BCUT2D eigenvalue weighted by molar-refractivity contribution is 0.414. The zero-order valence-electron chi connectivity index (χ0n) is 14.6. The first-order valence-electron chi connectivity index (χ1n) is 8.11. The van der Waals surface area contributed by atoms with Crippen molar-refractivity contribution in [3.63, 3.8) is 0 Å². The second-order valence-electron chi connectivity index (χ2n) is 5.53. The van der Waals surface area contributed by atoms with Gasteiger partial charge in [0.1, 0.15) is 11.5 Å². The number of thioether (sulfide) groups is 1. The summed E-state index contributed by atoms with van der Waals surface area (Å²) in [6.07, 6.45) is 0. The van der Waals surface area contributed by atoms with Crippen LogP contribution in [0.1, 0.15) is 11.1 Å². The maximum absolute atomic E-state index is 5.28. The van der Waals surface area contributed by atoms with E-state index in [4.69, 9.17) is 9.47 Å². The standard InChI is InChI=1S/C22H19BrO2S/c1-24-17-9-7-16(8-10-17)21(20-5-3-4-6-22(20)23)15-26-19-13-11-18(25-2)12-14-19/h3-15H,1-2H3. The van der Waals surface area contributed by atoms with Crippen molar-refractivity contribution in [2.24, 2.45) is 0 Å². The minimum atomic E-state index is 0.850. The van der Waals surface area contributed by atoms with Gasteiger partial charge in [0, 0.05) is 9.37 Å². The fraction of sp³-hybridized carbons (Fsp3) is 0.0909. The first-order chi connectivity index (χ1) is 12.7. The third kappa shape index (κ3) is 4.51. The van der Waals surface area contributed by atoms with Crippen LogP contribution in [0.2, 0.25) is 0 Å². The average Bonchev–Trinajstić information content (AvgIpc) is 2.70. The average molecular weight is 427 g/mol. The van der Waals surface area contributed by atoms with Gasteiger partial charge in [-0.15, -0.1) is 0 Å². The molecule has 0 saturated carbocycles. The number of benzene rings is 3. The Bertz CT molecular complexity index is 887. The van der Waals surface area contributed by atoms with Crippen molar-refractivity contribution in [1.82, 2.24) is 0 Å². The minimum Gasteiger partial charge on any atom is -0.497 e. The van der Waals surface area contributed by atoms with Gasteiger partial charge in [0.2, 0.25) is 0 Å². The maximum atomic E-state index is 5.28. The van der Waals surface area contributed by atoms with Crippen LogP contribution in [0.4, 0.5) is 0 Å². The third-order valence-electron chi connectivity index (χ3n) is 3.94. The van der Waals surface area contributed by atoms with E-state index in [1.807, 2.05) is 30.3 Å². The molecule has 0 fully saturated rings. The molecule has 0 aliphatic carbocycles. The molecule has 0 aromatic heterocycles. The fourth-order valence-corrected chi connectivity index (χ4v) is 3.83. The molecule has 0 N–H and O–H groups in total. The van der Waals surface area contributed by atoms with Crippen LogP contribution in [0.15, 0.2) is 87.6 Å². The number of ether oxygens (including phenoxy) is 2. The Kier molecular flexibility index (Phi) is 6.42. The Morgan fingerprint density at radius 2 is 1.38 bits per heavy atom. The van der Waals surface area contributed by atoms with Crippen LogP contribution in [-0.2, 0) is 0 Å². The normalized spacial score (nSPS) is 11.3. The van der Waals surface area contributed by atoms with Gasteiger partial charge in [-0.1, -0.05) is 58.0 Å². The van der Waals surface area contributed by atoms with Gasteiger partial charge in [0.05, 0.1) is 14.2 Å². The van der Waals surface area contributed by atoms with Crippen LogP contribution in [0, 0.1) is 0 Å². The molecular formula is C22H19BrO2S. The van der Waals surface area contributed by atoms with Gasteiger partial charge in [-0.3, -0.25) is 0 Å². The highest BCUT2D eigenvalue weighted by molar-refractivity contribution is 9.10. The number of halogens is 1. The SMILES string of the molecule is COc1ccc(SC=C(c2ccc(OC)cc2)c2ccccc2Br)cc1. The topological polar surface area (TPSA) is 18.5 Å². The van der Waals surface area contributed by atoms with E-state index < -0.39 is 0 Å². The van der Waals surface area contributed by atoms with Crippen LogP contribution in [-0.4, -0.2) is 14.2 Å². The first-order valence-corrected chi connectivity index (χ1v) is 9.78. The van der Waals surface area contributed by atoms with Crippen molar-refractivity contribution >= 4 is 33.3 Å². The van der Waals surface area contributed by atoms with Crippen molar-refractivity contribution < 1.29 is 9.47 Å². The Morgan fingerprint density at radius 1 is 0.808 bits per heavy atom. The van der Waals surface area contributed by atoms with Crippen molar-refractivity contribution in [1.29, 1.82) is 0 Å². The van der Waals surface area contributed by atoms with Gasteiger partial charge < -0.3 is 9.47 Å². The van der Waals surface area contributed by atoms with E-state index in [2.05, 4.69) is 63.8 Å². The van der Waals surface area contributed by atoms with Crippen LogP contribution in [0.5, 0.6) is 11.5 Å². The maximum Gasteiger partial charge on any atom is 0.118 e.